The van der Waals surface area contributed by atoms with E-state index in [0.717, 1.165) is 5.12 Å². The van der Waals surface area contributed by atoms with Crippen LogP contribution >= 0.6 is 0 Å². The van der Waals surface area contributed by atoms with E-state index in [2.05, 4.69) is 5.48 Å². The van der Waals surface area contributed by atoms with Gasteiger partial charge in [0.15, 0.2) is 0 Å². The number of hydrogen-bond donors (Lipinski definition) is 1. The van der Waals surface area contributed by atoms with Crippen LogP contribution in [0.15, 0.2) is 0 Å². The molecule has 1 aliphatic rings. The molecule has 0 bridgehead atoms. The Bertz CT molecular complexity index is 220. The number of carbonyl (C=O) groups excluding carboxylic acids is 1. The summed E-state index contributed by atoms with van der Waals surface area (Å²) in [7, 11) is 0. The van der Waals surface area contributed by atoms with Crippen molar-refractivity contribution in [2.45, 2.75) is 39.2 Å². The van der Waals surface area contributed by atoms with Crippen LogP contribution in [0.4, 0.5) is 4.48 Å². The van der Waals surface area contributed by atoms with Crippen molar-refractivity contribution in [3.8, 4) is 0 Å². The van der Waals surface area contributed by atoms with Crippen LogP contribution < -0.4 is 5.48 Å². The third kappa shape index (κ3) is 4.57. The maximum absolute atomic E-state index is 12.7. The average Bonchev–Trinajstić information content (AvgIpc) is 2.14. The van der Waals surface area contributed by atoms with Crippen molar-refractivity contribution in [1.29, 1.82) is 0 Å². The summed E-state index contributed by atoms with van der Waals surface area (Å²) >= 11 is 0. The first-order valence-corrected chi connectivity index (χ1v) is 5.27. The topological polar surface area (TPSA) is 41.6 Å². The van der Waals surface area contributed by atoms with E-state index in [1.165, 1.54) is 0 Å². The number of hydrogen-bond acceptors (Lipinski definition) is 3. The highest BCUT2D eigenvalue weighted by Crippen LogP contribution is 2.17. The lowest BCUT2D eigenvalue weighted by Gasteiger charge is -2.26. The highest BCUT2D eigenvalue weighted by atomic mass is 19.2. The van der Waals surface area contributed by atoms with Gasteiger partial charge in [0.2, 0.25) is 5.91 Å². The largest absolute Gasteiger partial charge is 0.272 e. The normalized spacial score (nSPS) is 20.3. The fourth-order valence-corrected chi connectivity index (χ4v) is 1.40. The number of halogens is 1. The van der Waals surface area contributed by atoms with E-state index < -0.39 is 5.60 Å². The molecule has 1 amide bonds. The minimum Gasteiger partial charge on any atom is -0.272 e. The van der Waals surface area contributed by atoms with Gasteiger partial charge in [0.25, 0.3) is 0 Å². The summed E-state index contributed by atoms with van der Waals surface area (Å²) in [5.74, 6) is -0.266. The fourth-order valence-electron chi connectivity index (χ4n) is 1.40. The summed E-state index contributed by atoms with van der Waals surface area (Å²) in [6.45, 7) is 6.23. The number of piperidine rings is 1. The maximum Gasteiger partial charge on any atom is 0.246 e. The molecule has 15 heavy (non-hydrogen) atoms. The van der Waals surface area contributed by atoms with Crippen LogP contribution in [0.25, 0.3) is 0 Å². The minimum atomic E-state index is -0.392. The maximum atomic E-state index is 12.7. The minimum absolute atomic E-state index is 0.126. The van der Waals surface area contributed by atoms with Crippen LogP contribution in [-0.4, -0.2) is 29.7 Å². The monoisotopic (exact) mass is 218 g/mol. The van der Waals surface area contributed by atoms with Crippen molar-refractivity contribution in [1.82, 2.24) is 10.6 Å². The van der Waals surface area contributed by atoms with E-state index in [9.17, 15) is 9.28 Å². The quantitative estimate of drug-likeness (QED) is 0.563. The standard InChI is InChI=1S/C10H19FN2O2/c1-10(2,3)15-12-9(14)8-4-6-13(11)7-5-8/h8H,4-7H2,1-3H3,(H,12,14). The first-order chi connectivity index (χ1) is 6.88. The Morgan fingerprint density at radius 2 is 1.93 bits per heavy atom. The van der Waals surface area contributed by atoms with Crippen LogP contribution in [-0.2, 0) is 9.63 Å². The summed E-state index contributed by atoms with van der Waals surface area (Å²) in [5.41, 5.74) is 2.03. The third-order valence-corrected chi connectivity index (χ3v) is 2.27. The number of rotatable bonds is 2. The molecule has 1 fully saturated rings. The smallest absolute Gasteiger partial charge is 0.246 e. The van der Waals surface area contributed by atoms with Crippen molar-refractivity contribution in [3.63, 3.8) is 0 Å². The molecule has 0 aliphatic carbocycles. The van der Waals surface area contributed by atoms with Gasteiger partial charge in [-0.2, -0.15) is 0 Å². The van der Waals surface area contributed by atoms with Gasteiger partial charge >= 0.3 is 0 Å². The van der Waals surface area contributed by atoms with Crippen molar-refractivity contribution >= 4 is 5.91 Å². The second-order valence-electron chi connectivity index (χ2n) is 4.86. The lowest BCUT2D eigenvalue weighted by atomic mass is 9.97. The van der Waals surface area contributed by atoms with Gasteiger partial charge in [0, 0.05) is 19.0 Å². The van der Waals surface area contributed by atoms with E-state index in [1.807, 2.05) is 20.8 Å². The molecule has 0 aromatic rings. The number of amides is 1. The molecule has 0 aromatic heterocycles. The van der Waals surface area contributed by atoms with Crippen molar-refractivity contribution in [2.75, 3.05) is 13.1 Å². The number of hydroxylamine groups is 1. The molecule has 0 saturated carbocycles. The summed E-state index contributed by atoms with van der Waals surface area (Å²) in [6.07, 6.45) is 1.10. The second kappa shape index (κ2) is 4.90. The lowest BCUT2D eigenvalue weighted by molar-refractivity contribution is -0.152. The molecule has 1 N–H and O–H groups in total. The Kier molecular flexibility index (Phi) is 4.04. The highest BCUT2D eigenvalue weighted by molar-refractivity contribution is 5.77. The average molecular weight is 218 g/mol. The van der Waals surface area contributed by atoms with Crippen LogP contribution in [0, 0.1) is 5.92 Å². The highest BCUT2D eigenvalue weighted by Gasteiger charge is 2.26. The Morgan fingerprint density at radius 3 is 2.40 bits per heavy atom. The zero-order chi connectivity index (χ0) is 11.5. The van der Waals surface area contributed by atoms with Crippen molar-refractivity contribution in [3.05, 3.63) is 0 Å². The van der Waals surface area contributed by atoms with Gasteiger partial charge in [0.1, 0.15) is 0 Å². The van der Waals surface area contributed by atoms with E-state index in [1.54, 1.807) is 0 Å². The Balaban J connectivity index is 2.29. The molecule has 0 aromatic carbocycles. The zero-order valence-corrected chi connectivity index (χ0v) is 9.55. The Morgan fingerprint density at radius 1 is 1.40 bits per heavy atom. The summed E-state index contributed by atoms with van der Waals surface area (Å²) in [6, 6.07) is 0. The first kappa shape index (κ1) is 12.4. The molecule has 1 rings (SSSR count). The molecular formula is C10H19FN2O2. The molecule has 5 heteroatoms. The van der Waals surface area contributed by atoms with E-state index >= 15 is 0 Å². The Hall–Kier alpha value is -0.680. The number of nitrogens with one attached hydrogen (secondary N) is 1. The zero-order valence-electron chi connectivity index (χ0n) is 9.55. The van der Waals surface area contributed by atoms with Gasteiger partial charge in [-0.1, -0.05) is 0 Å². The second-order valence-corrected chi connectivity index (χ2v) is 4.86. The molecule has 0 radical (unpaired) electrons. The molecule has 0 spiro atoms. The van der Waals surface area contributed by atoms with E-state index in [4.69, 9.17) is 4.84 Å². The first-order valence-electron chi connectivity index (χ1n) is 5.27. The molecule has 0 atom stereocenters. The van der Waals surface area contributed by atoms with Gasteiger partial charge in [-0.05, 0) is 33.6 Å². The van der Waals surface area contributed by atoms with Crippen LogP contribution in [0.1, 0.15) is 33.6 Å². The van der Waals surface area contributed by atoms with E-state index in [-0.39, 0.29) is 11.8 Å². The SMILES string of the molecule is CC(C)(C)ONC(=O)C1CCN(F)CC1. The predicted octanol–water partition coefficient (Wildman–Crippen LogP) is 1.43. The number of nitrogens with zero attached hydrogens (tertiary/aromatic N) is 1. The molecule has 4 nitrogen and oxygen atoms in total. The van der Waals surface area contributed by atoms with Gasteiger partial charge in [0.05, 0.1) is 5.60 Å². The summed E-state index contributed by atoms with van der Waals surface area (Å²) < 4.78 is 12.7. The van der Waals surface area contributed by atoms with Crippen molar-refractivity contribution < 1.29 is 14.1 Å². The van der Waals surface area contributed by atoms with Gasteiger partial charge in [-0.3, -0.25) is 9.63 Å². The molecule has 0 unspecified atom stereocenters. The third-order valence-electron chi connectivity index (χ3n) is 2.27. The molecule has 1 saturated heterocycles. The van der Waals surface area contributed by atoms with Crippen LogP contribution in [0.5, 0.6) is 0 Å². The molecular weight excluding hydrogens is 199 g/mol. The molecule has 1 heterocycles. The van der Waals surface area contributed by atoms with Gasteiger partial charge in [-0.25, -0.2) is 5.48 Å². The van der Waals surface area contributed by atoms with Crippen molar-refractivity contribution in [2.24, 2.45) is 5.92 Å². The fraction of sp³-hybridized carbons (Fsp3) is 0.900. The summed E-state index contributed by atoms with van der Waals surface area (Å²) in [4.78, 5) is 16.7. The molecule has 1 aliphatic heterocycles. The molecule has 88 valence electrons. The van der Waals surface area contributed by atoms with Crippen LogP contribution in [0.2, 0.25) is 0 Å². The predicted molar refractivity (Wildman–Crippen MR) is 54.4 cm³/mol. The summed E-state index contributed by atoms with van der Waals surface area (Å²) in [5, 5.41) is 0.744. The van der Waals surface area contributed by atoms with Gasteiger partial charge < -0.3 is 0 Å². The van der Waals surface area contributed by atoms with E-state index in [0.29, 0.717) is 25.9 Å². The van der Waals surface area contributed by atoms with Gasteiger partial charge in [-0.15, -0.1) is 9.60 Å². The Labute approximate surface area is 89.7 Å². The lowest BCUT2D eigenvalue weighted by Crippen LogP contribution is -2.40. The number of carbonyl (C=O) groups is 1. The van der Waals surface area contributed by atoms with Crippen LogP contribution in [0.3, 0.4) is 0 Å².